The molecule has 130 valence electrons. The fraction of sp³-hybridized carbons (Fsp3) is 0. The third kappa shape index (κ3) is 3.41. The first-order chi connectivity index (χ1) is 12.5. The molecule has 0 unspecified atom stereocenters. The van der Waals surface area contributed by atoms with Crippen molar-refractivity contribution in [2.75, 3.05) is 0 Å². The van der Waals surface area contributed by atoms with E-state index in [9.17, 15) is 25.0 Å². The molecule has 3 aromatic rings. The van der Waals surface area contributed by atoms with Gasteiger partial charge in [0.1, 0.15) is 5.76 Å². The summed E-state index contributed by atoms with van der Waals surface area (Å²) < 4.78 is 10.4. The molecule has 1 heterocycles. The summed E-state index contributed by atoms with van der Waals surface area (Å²) in [5, 5.41) is 21.8. The van der Waals surface area contributed by atoms with E-state index in [4.69, 9.17) is 9.15 Å². The van der Waals surface area contributed by atoms with Crippen LogP contribution in [0.15, 0.2) is 65.1 Å². The van der Waals surface area contributed by atoms with E-state index in [0.29, 0.717) is 5.56 Å². The molecule has 0 aliphatic rings. The van der Waals surface area contributed by atoms with Crippen molar-refractivity contribution in [1.82, 2.24) is 0 Å². The minimum absolute atomic E-state index is 0.122. The Kier molecular flexibility index (Phi) is 4.44. The lowest BCUT2D eigenvalue weighted by molar-refractivity contribution is -0.385. The molecule has 0 atom stereocenters. The van der Waals surface area contributed by atoms with Gasteiger partial charge in [0.15, 0.2) is 0 Å². The molecule has 0 spiro atoms. The summed E-state index contributed by atoms with van der Waals surface area (Å²) in [6, 6.07) is 13.9. The fourth-order valence-corrected chi connectivity index (χ4v) is 2.22. The van der Waals surface area contributed by atoms with Gasteiger partial charge in [0.2, 0.25) is 11.5 Å². The number of non-ortho nitro benzene ring substituents is 1. The van der Waals surface area contributed by atoms with E-state index in [2.05, 4.69) is 0 Å². The zero-order chi connectivity index (χ0) is 18.7. The summed E-state index contributed by atoms with van der Waals surface area (Å²) in [5.41, 5.74) is -0.0711. The first-order valence-electron chi connectivity index (χ1n) is 7.26. The second-order valence-electron chi connectivity index (χ2n) is 5.09. The topological polar surface area (TPSA) is 126 Å². The SMILES string of the molecule is O=C(Oc1ccccc1[N+](=O)[O-])c1ccc(-c2cccc([N+](=O)[O-])c2)o1. The average molecular weight is 354 g/mol. The Morgan fingerprint density at radius 2 is 1.69 bits per heavy atom. The highest BCUT2D eigenvalue weighted by Crippen LogP contribution is 2.29. The van der Waals surface area contributed by atoms with Crippen molar-refractivity contribution in [2.24, 2.45) is 0 Å². The number of esters is 1. The number of carbonyl (C=O) groups is 1. The largest absolute Gasteiger partial charge is 0.449 e. The summed E-state index contributed by atoms with van der Waals surface area (Å²) in [4.78, 5) is 32.7. The van der Waals surface area contributed by atoms with Crippen LogP contribution in [0.4, 0.5) is 11.4 Å². The standard InChI is InChI=1S/C17H10N2O7/c20-17(26-15-7-2-1-6-13(15)19(23)24)16-9-8-14(25-16)11-4-3-5-12(10-11)18(21)22/h1-10H. The zero-order valence-corrected chi connectivity index (χ0v) is 13.0. The van der Waals surface area contributed by atoms with Gasteiger partial charge in [-0.3, -0.25) is 20.2 Å². The predicted molar refractivity (Wildman–Crippen MR) is 88.9 cm³/mol. The Morgan fingerprint density at radius 3 is 2.42 bits per heavy atom. The van der Waals surface area contributed by atoms with E-state index < -0.39 is 15.8 Å². The molecular weight excluding hydrogens is 344 g/mol. The maximum Gasteiger partial charge on any atom is 0.379 e. The van der Waals surface area contributed by atoms with Crippen molar-refractivity contribution >= 4 is 17.3 Å². The van der Waals surface area contributed by atoms with Crippen LogP contribution in [-0.2, 0) is 0 Å². The summed E-state index contributed by atoms with van der Waals surface area (Å²) in [7, 11) is 0. The maximum atomic E-state index is 12.2. The van der Waals surface area contributed by atoms with Gasteiger partial charge in [-0.2, -0.15) is 0 Å². The highest BCUT2D eigenvalue weighted by Gasteiger charge is 2.21. The second-order valence-corrected chi connectivity index (χ2v) is 5.09. The van der Waals surface area contributed by atoms with Gasteiger partial charge in [0, 0.05) is 23.8 Å². The van der Waals surface area contributed by atoms with Crippen LogP contribution in [0.3, 0.4) is 0 Å². The van der Waals surface area contributed by atoms with Crippen molar-refractivity contribution in [3.05, 3.63) is 86.7 Å². The van der Waals surface area contributed by atoms with E-state index in [0.717, 1.165) is 0 Å². The number of nitro benzene ring substituents is 2. The van der Waals surface area contributed by atoms with E-state index in [-0.39, 0.29) is 28.6 Å². The first kappa shape index (κ1) is 16.8. The number of hydrogen-bond donors (Lipinski definition) is 0. The van der Waals surface area contributed by atoms with Gasteiger partial charge in [0.25, 0.3) is 5.69 Å². The Balaban J connectivity index is 1.84. The molecule has 0 N–H and O–H groups in total. The van der Waals surface area contributed by atoms with Crippen molar-refractivity contribution in [3.63, 3.8) is 0 Å². The molecule has 0 bridgehead atoms. The smallest absolute Gasteiger partial charge is 0.379 e. The minimum atomic E-state index is -0.920. The molecule has 9 nitrogen and oxygen atoms in total. The molecule has 2 aromatic carbocycles. The van der Waals surface area contributed by atoms with Crippen LogP contribution < -0.4 is 4.74 Å². The van der Waals surface area contributed by atoms with Gasteiger partial charge in [-0.15, -0.1) is 0 Å². The van der Waals surface area contributed by atoms with Crippen LogP contribution in [0, 0.1) is 20.2 Å². The number of rotatable bonds is 5. The number of ether oxygens (including phenoxy) is 1. The van der Waals surface area contributed by atoms with Gasteiger partial charge < -0.3 is 9.15 Å². The fourth-order valence-electron chi connectivity index (χ4n) is 2.22. The van der Waals surface area contributed by atoms with E-state index in [1.165, 1.54) is 54.6 Å². The van der Waals surface area contributed by atoms with Crippen molar-refractivity contribution in [2.45, 2.75) is 0 Å². The van der Waals surface area contributed by atoms with E-state index in [1.807, 2.05) is 0 Å². The number of furan rings is 1. The molecule has 0 aliphatic heterocycles. The monoisotopic (exact) mass is 354 g/mol. The van der Waals surface area contributed by atoms with Gasteiger partial charge >= 0.3 is 11.7 Å². The number of nitrogens with zero attached hydrogens (tertiary/aromatic N) is 2. The third-order valence-corrected chi connectivity index (χ3v) is 3.41. The van der Waals surface area contributed by atoms with Crippen LogP contribution in [0.2, 0.25) is 0 Å². The molecule has 9 heteroatoms. The summed E-state index contributed by atoms with van der Waals surface area (Å²) >= 11 is 0. The Bertz CT molecular complexity index is 1010. The lowest BCUT2D eigenvalue weighted by Crippen LogP contribution is -2.08. The molecule has 1 aromatic heterocycles. The van der Waals surface area contributed by atoms with Crippen molar-refractivity contribution < 1.29 is 23.8 Å². The van der Waals surface area contributed by atoms with Crippen LogP contribution in [0.5, 0.6) is 5.75 Å². The van der Waals surface area contributed by atoms with Gasteiger partial charge in [-0.1, -0.05) is 24.3 Å². The molecule has 0 aliphatic carbocycles. The van der Waals surface area contributed by atoms with E-state index >= 15 is 0 Å². The van der Waals surface area contributed by atoms with Crippen molar-refractivity contribution in [3.8, 4) is 17.1 Å². The molecule has 0 saturated carbocycles. The number of para-hydroxylation sites is 2. The van der Waals surface area contributed by atoms with E-state index in [1.54, 1.807) is 6.07 Å². The molecular formula is C17H10N2O7. The molecule has 0 saturated heterocycles. The third-order valence-electron chi connectivity index (χ3n) is 3.41. The number of nitro groups is 2. The van der Waals surface area contributed by atoms with Crippen LogP contribution >= 0.6 is 0 Å². The number of hydrogen-bond acceptors (Lipinski definition) is 7. The lowest BCUT2D eigenvalue weighted by atomic mass is 10.1. The van der Waals surface area contributed by atoms with Gasteiger partial charge in [-0.05, 0) is 18.2 Å². The molecule has 0 amide bonds. The molecule has 3 rings (SSSR count). The number of benzene rings is 2. The molecule has 0 radical (unpaired) electrons. The first-order valence-corrected chi connectivity index (χ1v) is 7.26. The quantitative estimate of drug-likeness (QED) is 0.293. The highest BCUT2D eigenvalue weighted by molar-refractivity contribution is 5.89. The maximum absolute atomic E-state index is 12.2. The average Bonchev–Trinajstić information content (AvgIpc) is 3.12. The lowest BCUT2D eigenvalue weighted by Gasteiger charge is -2.03. The Labute approximate surface area is 145 Å². The molecule has 0 fully saturated rings. The summed E-state index contributed by atoms with van der Waals surface area (Å²) in [6.45, 7) is 0. The van der Waals surface area contributed by atoms with Crippen LogP contribution in [-0.4, -0.2) is 15.8 Å². The van der Waals surface area contributed by atoms with Gasteiger partial charge in [0.05, 0.1) is 9.85 Å². The van der Waals surface area contributed by atoms with Crippen LogP contribution in [0.25, 0.3) is 11.3 Å². The highest BCUT2D eigenvalue weighted by atomic mass is 16.6. The zero-order valence-electron chi connectivity index (χ0n) is 13.0. The summed E-state index contributed by atoms with van der Waals surface area (Å²) in [5.74, 6) is -1.10. The normalized spacial score (nSPS) is 10.3. The number of carbonyl (C=O) groups excluding carboxylic acids is 1. The summed E-state index contributed by atoms with van der Waals surface area (Å²) in [6.07, 6.45) is 0. The Hall–Kier alpha value is -4.01. The van der Waals surface area contributed by atoms with Crippen LogP contribution in [0.1, 0.15) is 10.6 Å². The second kappa shape index (κ2) is 6.85. The van der Waals surface area contributed by atoms with Crippen molar-refractivity contribution in [1.29, 1.82) is 0 Å². The van der Waals surface area contributed by atoms with Gasteiger partial charge in [-0.25, -0.2) is 4.79 Å². The minimum Gasteiger partial charge on any atom is -0.449 e. The molecule has 26 heavy (non-hydrogen) atoms. The predicted octanol–water partition coefficient (Wildman–Crippen LogP) is 3.98. The Morgan fingerprint density at radius 1 is 0.923 bits per heavy atom.